The Balaban J connectivity index is 1.85. The minimum Gasteiger partial charge on any atom is -0.497 e. The molecule has 0 saturated carbocycles. The van der Waals surface area contributed by atoms with E-state index < -0.39 is 0 Å². The molecule has 5 nitrogen and oxygen atoms in total. The number of benzene rings is 1. The number of rotatable bonds is 5. The lowest BCUT2D eigenvalue weighted by Gasteiger charge is -2.35. The Hall–Kier alpha value is -1.69. The van der Waals surface area contributed by atoms with Crippen molar-refractivity contribution in [2.45, 2.75) is 19.1 Å². The van der Waals surface area contributed by atoms with Crippen LogP contribution in [0, 0.1) is 0 Å². The summed E-state index contributed by atoms with van der Waals surface area (Å²) in [6, 6.07) is 7.13. The molecule has 1 aliphatic heterocycles. The molecule has 1 aromatic carbocycles. The van der Waals surface area contributed by atoms with E-state index in [-0.39, 0.29) is 11.8 Å². The summed E-state index contributed by atoms with van der Waals surface area (Å²) in [5.74, 6) is 1.43. The summed E-state index contributed by atoms with van der Waals surface area (Å²) in [6.45, 7) is 6.57. The predicted molar refractivity (Wildman–Crippen MR) is 93.1 cm³/mol. The van der Waals surface area contributed by atoms with E-state index >= 15 is 0 Å². The number of hydrogen-bond donors (Lipinski definition) is 0. The van der Waals surface area contributed by atoms with E-state index in [9.17, 15) is 9.59 Å². The third-order valence-electron chi connectivity index (χ3n) is 3.80. The maximum atomic E-state index is 12.5. The van der Waals surface area contributed by atoms with Crippen molar-refractivity contribution in [2.24, 2.45) is 0 Å². The Kier molecular flexibility index (Phi) is 6.33. The lowest BCUT2D eigenvalue weighted by atomic mass is 10.1. The van der Waals surface area contributed by atoms with Crippen LogP contribution in [0.5, 0.6) is 5.75 Å². The molecule has 0 atom stereocenters. The third-order valence-corrected chi connectivity index (χ3v) is 4.88. The van der Waals surface area contributed by atoms with Crippen molar-refractivity contribution < 1.29 is 14.3 Å². The summed E-state index contributed by atoms with van der Waals surface area (Å²) < 4.78 is 5.10. The summed E-state index contributed by atoms with van der Waals surface area (Å²) in [5, 5.41) is 0.455. The highest BCUT2D eigenvalue weighted by atomic mass is 32.2. The minimum absolute atomic E-state index is 0.0105. The number of ether oxygens (including phenoxy) is 1. The van der Waals surface area contributed by atoms with Crippen molar-refractivity contribution >= 4 is 23.6 Å². The quantitative estimate of drug-likeness (QED) is 0.826. The molecule has 0 unspecified atom stereocenters. The van der Waals surface area contributed by atoms with Gasteiger partial charge in [0.2, 0.25) is 5.91 Å². The van der Waals surface area contributed by atoms with Crippen LogP contribution in [0.15, 0.2) is 24.3 Å². The van der Waals surface area contributed by atoms with Gasteiger partial charge in [-0.25, -0.2) is 0 Å². The molecule has 0 aliphatic carbocycles. The fraction of sp³-hybridized carbons (Fsp3) is 0.529. The zero-order chi connectivity index (χ0) is 16.8. The van der Waals surface area contributed by atoms with Gasteiger partial charge in [-0.1, -0.05) is 13.8 Å². The molecule has 1 aromatic rings. The summed E-state index contributed by atoms with van der Waals surface area (Å²) in [5.41, 5.74) is 0.654. The molecule has 0 bridgehead atoms. The van der Waals surface area contributed by atoms with E-state index in [0.717, 1.165) is 5.75 Å². The van der Waals surface area contributed by atoms with Gasteiger partial charge in [-0.2, -0.15) is 0 Å². The molecule has 1 fully saturated rings. The topological polar surface area (TPSA) is 49.9 Å². The van der Waals surface area contributed by atoms with E-state index in [1.165, 1.54) is 0 Å². The number of piperazine rings is 1. The van der Waals surface area contributed by atoms with Crippen molar-refractivity contribution in [3.05, 3.63) is 29.8 Å². The normalized spacial score (nSPS) is 15.0. The van der Waals surface area contributed by atoms with E-state index in [1.807, 2.05) is 4.90 Å². The van der Waals surface area contributed by atoms with E-state index in [1.54, 1.807) is 48.0 Å². The van der Waals surface area contributed by atoms with Crippen molar-refractivity contribution in [1.29, 1.82) is 0 Å². The average molecular weight is 336 g/mol. The molecule has 0 aromatic heterocycles. The second-order valence-electron chi connectivity index (χ2n) is 5.76. The Morgan fingerprint density at radius 1 is 1.09 bits per heavy atom. The minimum atomic E-state index is 0.0105. The number of amides is 2. The number of carbonyl (C=O) groups is 2. The first kappa shape index (κ1) is 17.7. The van der Waals surface area contributed by atoms with E-state index in [2.05, 4.69) is 13.8 Å². The fourth-order valence-corrected chi connectivity index (χ4v) is 3.06. The predicted octanol–water partition coefficient (Wildman–Crippen LogP) is 2.12. The summed E-state index contributed by atoms with van der Waals surface area (Å²) in [4.78, 5) is 28.2. The van der Waals surface area contributed by atoms with Crippen LogP contribution in [-0.2, 0) is 4.79 Å². The molecule has 6 heteroatoms. The number of methoxy groups -OCH3 is 1. The largest absolute Gasteiger partial charge is 0.497 e. The lowest BCUT2D eigenvalue weighted by molar-refractivity contribution is -0.129. The van der Waals surface area contributed by atoms with Gasteiger partial charge < -0.3 is 14.5 Å². The van der Waals surface area contributed by atoms with Gasteiger partial charge in [0.1, 0.15) is 5.75 Å². The number of thioether (sulfide) groups is 1. The molecule has 1 saturated heterocycles. The second-order valence-corrected chi connectivity index (χ2v) is 7.33. The number of carbonyl (C=O) groups excluding carboxylic acids is 2. The van der Waals surface area contributed by atoms with Crippen LogP contribution in [0.25, 0.3) is 0 Å². The van der Waals surface area contributed by atoms with Crippen LogP contribution in [-0.4, -0.2) is 65.9 Å². The van der Waals surface area contributed by atoms with Gasteiger partial charge in [0.25, 0.3) is 5.91 Å². The summed E-state index contributed by atoms with van der Waals surface area (Å²) in [7, 11) is 1.60. The van der Waals surface area contributed by atoms with Crippen LogP contribution in [0.1, 0.15) is 24.2 Å². The van der Waals surface area contributed by atoms with Gasteiger partial charge in [-0.3, -0.25) is 9.59 Å². The zero-order valence-electron chi connectivity index (χ0n) is 13.9. The van der Waals surface area contributed by atoms with Gasteiger partial charge in [-0.05, 0) is 29.5 Å². The Morgan fingerprint density at radius 2 is 1.65 bits per heavy atom. The van der Waals surface area contributed by atoms with Crippen LogP contribution in [0.2, 0.25) is 0 Å². The number of nitrogens with zero attached hydrogens (tertiary/aromatic N) is 2. The molecule has 126 valence electrons. The van der Waals surface area contributed by atoms with Crippen LogP contribution < -0.4 is 4.74 Å². The van der Waals surface area contributed by atoms with Crippen molar-refractivity contribution in [1.82, 2.24) is 9.80 Å². The standard InChI is InChI=1S/C17H24N2O3S/c1-13(2)23-12-16(20)18-8-10-19(11-9-18)17(21)14-4-6-15(22-3)7-5-14/h4-7,13H,8-12H2,1-3H3. The van der Waals surface area contributed by atoms with Crippen molar-refractivity contribution in [3.63, 3.8) is 0 Å². The molecule has 0 spiro atoms. The Bertz CT molecular complexity index is 537. The molecular weight excluding hydrogens is 312 g/mol. The lowest BCUT2D eigenvalue weighted by Crippen LogP contribution is -2.51. The summed E-state index contributed by atoms with van der Waals surface area (Å²) in [6.07, 6.45) is 0. The SMILES string of the molecule is COc1ccc(C(=O)N2CCN(C(=O)CSC(C)C)CC2)cc1. The van der Waals surface area contributed by atoms with E-state index in [4.69, 9.17) is 4.74 Å². The molecule has 0 radical (unpaired) electrons. The fourth-order valence-electron chi connectivity index (χ4n) is 2.40. The monoisotopic (exact) mass is 336 g/mol. The molecule has 1 aliphatic rings. The highest BCUT2D eigenvalue weighted by Crippen LogP contribution is 2.15. The summed E-state index contributed by atoms with van der Waals surface area (Å²) >= 11 is 1.66. The van der Waals surface area contributed by atoms with Crippen molar-refractivity contribution in [2.75, 3.05) is 39.0 Å². The van der Waals surface area contributed by atoms with Gasteiger partial charge in [0, 0.05) is 31.7 Å². The van der Waals surface area contributed by atoms with Gasteiger partial charge >= 0.3 is 0 Å². The van der Waals surface area contributed by atoms with E-state index in [0.29, 0.717) is 42.7 Å². The van der Waals surface area contributed by atoms with Gasteiger partial charge in [0.05, 0.1) is 12.9 Å². The van der Waals surface area contributed by atoms with Crippen molar-refractivity contribution in [3.8, 4) is 5.75 Å². The van der Waals surface area contributed by atoms with Gasteiger partial charge in [0.15, 0.2) is 0 Å². The number of hydrogen-bond acceptors (Lipinski definition) is 4. The van der Waals surface area contributed by atoms with Gasteiger partial charge in [-0.15, -0.1) is 11.8 Å². The van der Waals surface area contributed by atoms with Crippen LogP contribution >= 0.6 is 11.8 Å². The maximum Gasteiger partial charge on any atom is 0.253 e. The smallest absolute Gasteiger partial charge is 0.253 e. The van der Waals surface area contributed by atoms with Crippen LogP contribution in [0.3, 0.4) is 0 Å². The maximum absolute atomic E-state index is 12.5. The molecule has 23 heavy (non-hydrogen) atoms. The van der Waals surface area contributed by atoms with Crippen LogP contribution in [0.4, 0.5) is 0 Å². The molecule has 0 N–H and O–H groups in total. The zero-order valence-corrected chi connectivity index (χ0v) is 14.8. The molecule has 1 heterocycles. The molecular formula is C17H24N2O3S. The third kappa shape index (κ3) is 4.89. The first-order valence-corrected chi connectivity index (χ1v) is 8.89. The molecule has 2 amide bonds. The first-order valence-electron chi connectivity index (χ1n) is 7.84. The Labute approximate surface area is 142 Å². The first-order chi connectivity index (χ1) is 11.0. The highest BCUT2D eigenvalue weighted by molar-refractivity contribution is 8.00. The molecule has 2 rings (SSSR count). The highest BCUT2D eigenvalue weighted by Gasteiger charge is 2.24. The second kappa shape index (κ2) is 8.24. The average Bonchev–Trinajstić information content (AvgIpc) is 2.59. The Morgan fingerprint density at radius 3 is 2.17 bits per heavy atom.